The summed E-state index contributed by atoms with van der Waals surface area (Å²) >= 11 is 3.08. The number of nitrogens with one attached hydrogen (secondary N) is 1. The molecule has 0 aliphatic rings. The number of hydrogen-bond acceptors (Lipinski definition) is 4. The van der Waals surface area contributed by atoms with Gasteiger partial charge in [-0.3, -0.25) is 0 Å². The van der Waals surface area contributed by atoms with Crippen LogP contribution >= 0.6 is 15.9 Å². The van der Waals surface area contributed by atoms with Gasteiger partial charge in [0.05, 0.1) is 13.2 Å². The highest BCUT2D eigenvalue weighted by Gasteiger charge is 2.23. The van der Waals surface area contributed by atoms with E-state index >= 15 is 0 Å². The predicted octanol–water partition coefficient (Wildman–Crippen LogP) is 1.39. The lowest BCUT2D eigenvalue weighted by Gasteiger charge is -2.15. The quantitative estimate of drug-likeness (QED) is 0.808. The fraction of sp³-hybridized carbons (Fsp3) is 0.455. The topological polar surface area (TPSA) is 75.6 Å². The highest BCUT2D eigenvalue weighted by molar-refractivity contribution is 9.10. The highest BCUT2D eigenvalue weighted by Crippen LogP contribution is 2.24. The molecule has 108 valence electrons. The van der Waals surface area contributed by atoms with E-state index in [0.717, 1.165) is 6.07 Å². The highest BCUT2D eigenvalue weighted by atomic mass is 79.9. The van der Waals surface area contributed by atoms with E-state index in [1.54, 1.807) is 6.92 Å². The third-order valence-electron chi connectivity index (χ3n) is 2.31. The molecule has 0 aromatic heterocycles. The fourth-order valence-electron chi connectivity index (χ4n) is 1.54. The summed E-state index contributed by atoms with van der Waals surface area (Å²) in [4.78, 5) is -0.506. The average molecular weight is 356 g/mol. The van der Waals surface area contributed by atoms with Crippen molar-refractivity contribution in [1.82, 2.24) is 4.72 Å². The van der Waals surface area contributed by atoms with Gasteiger partial charge >= 0.3 is 0 Å². The summed E-state index contributed by atoms with van der Waals surface area (Å²) in [5, 5.41) is 9.00. The summed E-state index contributed by atoms with van der Waals surface area (Å²) in [6, 6.07) is 1.98. The van der Waals surface area contributed by atoms with Crippen molar-refractivity contribution in [3.8, 4) is 0 Å². The molecule has 0 saturated heterocycles. The number of ether oxygens (including phenoxy) is 1. The monoisotopic (exact) mass is 355 g/mol. The standard InChI is InChI=1S/C11H15BrFNO4S/c1-7(6-18-2)14-19(16,17)10-4-9(12)3-8(5-15)11(10)13/h3-4,7,14-15H,5-6H2,1-2H3. The molecule has 0 saturated carbocycles. The van der Waals surface area contributed by atoms with E-state index in [0.29, 0.717) is 4.47 Å². The van der Waals surface area contributed by atoms with Crippen LogP contribution in [-0.2, 0) is 21.4 Å². The van der Waals surface area contributed by atoms with Crippen molar-refractivity contribution in [2.75, 3.05) is 13.7 Å². The summed E-state index contributed by atoms with van der Waals surface area (Å²) < 4.78 is 45.5. The van der Waals surface area contributed by atoms with Crippen LogP contribution in [0, 0.1) is 5.82 Å². The van der Waals surface area contributed by atoms with Gasteiger partial charge in [0, 0.05) is 23.2 Å². The zero-order valence-electron chi connectivity index (χ0n) is 10.5. The Balaban J connectivity index is 3.18. The normalized spacial score (nSPS) is 13.5. The number of benzene rings is 1. The first-order chi connectivity index (χ1) is 8.81. The lowest BCUT2D eigenvalue weighted by Crippen LogP contribution is -2.36. The predicted molar refractivity (Wildman–Crippen MR) is 71.7 cm³/mol. The molecule has 19 heavy (non-hydrogen) atoms. The van der Waals surface area contributed by atoms with Crippen LogP contribution in [0.4, 0.5) is 4.39 Å². The van der Waals surface area contributed by atoms with E-state index in [-0.39, 0.29) is 12.2 Å². The maximum Gasteiger partial charge on any atom is 0.243 e. The van der Waals surface area contributed by atoms with Crippen molar-refractivity contribution < 1.29 is 22.7 Å². The summed E-state index contributed by atoms with van der Waals surface area (Å²) in [7, 11) is -2.57. The first kappa shape index (κ1) is 16.5. The smallest absolute Gasteiger partial charge is 0.243 e. The first-order valence-electron chi connectivity index (χ1n) is 5.42. The lowest BCUT2D eigenvalue weighted by atomic mass is 10.2. The second-order valence-electron chi connectivity index (χ2n) is 4.01. The molecule has 2 N–H and O–H groups in total. The molecule has 1 atom stereocenters. The van der Waals surface area contributed by atoms with Crippen molar-refractivity contribution in [1.29, 1.82) is 0 Å². The molecule has 0 radical (unpaired) electrons. The number of sulfonamides is 1. The number of halogens is 2. The van der Waals surface area contributed by atoms with Gasteiger partial charge in [0.25, 0.3) is 0 Å². The molecule has 8 heteroatoms. The summed E-state index contributed by atoms with van der Waals surface area (Å²) in [5.74, 6) is -0.956. The van der Waals surface area contributed by atoms with Crippen LogP contribution in [0.2, 0.25) is 0 Å². The molecule has 1 rings (SSSR count). The van der Waals surface area contributed by atoms with Crippen LogP contribution in [0.1, 0.15) is 12.5 Å². The third-order valence-corrected chi connectivity index (χ3v) is 4.36. The fourth-order valence-corrected chi connectivity index (χ4v) is 3.57. The van der Waals surface area contributed by atoms with E-state index in [1.807, 2.05) is 0 Å². The van der Waals surface area contributed by atoms with Crippen LogP contribution in [0.15, 0.2) is 21.5 Å². The Morgan fingerprint density at radius 1 is 1.53 bits per heavy atom. The number of methoxy groups -OCH3 is 1. The Labute approximate surface area is 120 Å². The molecular weight excluding hydrogens is 341 g/mol. The van der Waals surface area contributed by atoms with Crippen molar-refractivity contribution in [3.05, 3.63) is 28.0 Å². The zero-order valence-corrected chi connectivity index (χ0v) is 12.9. The lowest BCUT2D eigenvalue weighted by molar-refractivity contribution is 0.180. The molecule has 1 unspecified atom stereocenters. The largest absolute Gasteiger partial charge is 0.392 e. The van der Waals surface area contributed by atoms with E-state index in [2.05, 4.69) is 20.7 Å². The Morgan fingerprint density at radius 3 is 2.68 bits per heavy atom. The minimum atomic E-state index is -4.01. The van der Waals surface area contributed by atoms with E-state index in [1.165, 1.54) is 13.2 Å². The van der Waals surface area contributed by atoms with E-state index in [4.69, 9.17) is 9.84 Å². The molecule has 5 nitrogen and oxygen atoms in total. The SMILES string of the molecule is COCC(C)NS(=O)(=O)c1cc(Br)cc(CO)c1F. The van der Waals surface area contributed by atoms with Gasteiger partial charge in [-0.2, -0.15) is 0 Å². The molecular formula is C11H15BrFNO4S. The maximum atomic E-state index is 14.0. The van der Waals surface area contributed by atoms with Gasteiger partial charge in [-0.05, 0) is 19.1 Å². The molecule has 0 spiro atoms. The van der Waals surface area contributed by atoms with Crippen LogP contribution in [-0.4, -0.2) is 33.3 Å². The van der Waals surface area contributed by atoms with Gasteiger partial charge in [0.15, 0.2) is 0 Å². The number of aliphatic hydroxyl groups is 1. The van der Waals surface area contributed by atoms with Crippen LogP contribution in [0.3, 0.4) is 0 Å². The Hall–Kier alpha value is -0.540. The third kappa shape index (κ3) is 4.22. The van der Waals surface area contributed by atoms with E-state index < -0.39 is 33.4 Å². The second-order valence-corrected chi connectivity index (χ2v) is 6.61. The van der Waals surface area contributed by atoms with Crippen molar-refractivity contribution in [2.24, 2.45) is 0 Å². The van der Waals surface area contributed by atoms with Crippen molar-refractivity contribution in [2.45, 2.75) is 24.5 Å². The molecule has 0 aliphatic heterocycles. The van der Waals surface area contributed by atoms with Gasteiger partial charge in [-0.15, -0.1) is 0 Å². The van der Waals surface area contributed by atoms with Crippen LogP contribution in [0.5, 0.6) is 0 Å². The minimum Gasteiger partial charge on any atom is -0.392 e. The molecule has 0 aliphatic carbocycles. The summed E-state index contributed by atoms with van der Waals surface area (Å²) in [6.45, 7) is 1.19. The summed E-state index contributed by atoms with van der Waals surface area (Å²) in [6.07, 6.45) is 0. The van der Waals surface area contributed by atoms with Crippen LogP contribution in [0.25, 0.3) is 0 Å². The van der Waals surface area contributed by atoms with Crippen molar-refractivity contribution in [3.63, 3.8) is 0 Å². The molecule has 0 heterocycles. The minimum absolute atomic E-state index is 0.0888. The molecule has 1 aromatic carbocycles. The van der Waals surface area contributed by atoms with Crippen LogP contribution < -0.4 is 4.72 Å². The van der Waals surface area contributed by atoms with E-state index in [9.17, 15) is 12.8 Å². The van der Waals surface area contributed by atoms with Gasteiger partial charge < -0.3 is 9.84 Å². The van der Waals surface area contributed by atoms with Gasteiger partial charge in [-0.1, -0.05) is 15.9 Å². The Kier molecular flexibility index (Phi) is 5.87. The number of rotatable bonds is 6. The van der Waals surface area contributed by atoms with Gasteiger partial charge in [0.1, 0.15) is 10.7 Å². The Bertz CT molecular complexity index is 550. The second kappa shape index (κ2) is 6.76. The Morgan fingerprint density at radius 2 is 2.16 bits per heavy atom. The summed E-state index contributed by atoms with van der Waals surface area (Å²) in [5.41, 5.74) is -0.0888. The molecule has 0 amide bonds. The number of hydrogen-bond donors (Lipinski definition) is 2. The van der Waals surface area contributed by atoms with Crippen molar-refractivity contribution >= 4 is 26.0 Å². The first-order valence-corrected chi connectivity index (χ1v) is 7.69. The zero-order chi connectivity index (χ0) is 14.6. The van der Waals surface area contributed by atoms with Gasteiger partial charge in [-0.25, -0.2) is 17.5 Å². The number of aliphatic hydroxyl groups excluding tert-OH is 1. The van der Waals surface area contributed by atoms with Gasteiger partial charge in [0.2, 0.25) is 10.0 Å². The average Bonchev–Trinajstić information content (AvgIpc) is 2.31. The maximum absolute atomic E-state index is 14.0. The molecule has 0 bridgehead atoms. The molecule has 1 aromatic rings. The molecule has 0 fully saturated rings.